The second-order valence-corrected chi connectivity index (χ2v) is 6.62. The summed E-state index contributed by atoms with van der Waals surface area (Å²) in [6.45, 7) is 2.77. The normalized spacial score (nSPS) is 17.9. The Morgan fingerprint density at radius 3 is 3.04 bits per heavy atom. The van der Waals surface area contributed by atoms with Gasteiger partial charge in [-0.1, -0.05) is 18.2 Å². The van der Waals surface area contributed by atoms with E-state index in [-0.39, 0.29) is 11.5 Å². The Labute approximate surface area is 146 Å². The lowest BCUT2D eigenvalue weighted by molar-refractivity contribution is 0.328. The molecule has 5 heteroatoms. The number of likely N-dealkylation sites (tertiary alicyclic amines) is 1. The van der Waals surface area contributed by atoms with Gasteiger partial charge in [-0.3, -0.25) is 9.88 Å². The third-order valence-corrected chi connectivity index (χ3v) is 4.78. The van der Waals surface area contributed by atoms with E-state index >= 15 is 0 Å². The molecule has 0 saturated carbocycles. The van der Waals surface area contributed by atoms with Crippen molar-refractivity contribution in [2.75, 3.05) is 24.1 Å². The van der Waals surface area contributed by atoms with Crippen molar-refractivity contribution in [2.45, 2.75) is 19.0 Å². The molecule has 1 atom stereocenters. The van der Waals surface area contributed by atoms with Crippen LogP contribution in [0.2, 0.25) is 0 Å². The van der Waals surface area contributed by atoms with E-state index < -0.39 is 0 Å². The van der Waals surface area contributed by atoms with Crippen LogP contribution in [0.3, 0.4) is 0 Å². The standard InChI is InChI=1S/C20H21FN4/c21-18-5-4-14(10-19(18)22)12-25-9-7-16(13-25)24-20-3-1-2-15-11-23-8-6-17(15)20/h1-6,8,10-11,16,24H,7,9,12-13,22H2. The van der Waals surface area contributed by atoms with Crippen LogP contribution in [0.5, 0.6) is 0 Å². The number of nitrogen functional groups attached to an aromatic ring is 1. The maximum absolute atomic E-state index is 13.3. The highest BCUT2D eigenvalue weighted by atomic mass is 19.1. The van der Waals surface area contributed by atoms with E-state index in [1.54, 1.807) is 6.07 Å². The first-order chi connectivity index (χ1) is 12.2. The zero-order valence-electron chi connectivity index (χ0n) is 14.0. The van der Waals surface area contributed by atoms with E-state index in [4.69, 9.17) is 5.73 Å². The molecule has 3 N–H and O–H groups in total. The van der Waals surface area contributed by atoms with Crippen LogP contribution in [-0.2, 0) is 6.54 Å². The van der Waals surface area contributed by atoms with E-state index in [9.17, 15) is 4.39 Å². The number of benzene rings is 2. The van der Waals surface area contributed by atoms with Crippen molar-refractivity contribution in [3.8, 4) is 0 Å². The number of fused-ring (bicyclic) bond motifs is 1. The lowest BCUT2D eigenvalue weighted by Gasteiger charge is -2.18. The molecule has 0 bridgehead atoms. The molecule has 1 aliphatic heterocycles. The number of nitrogens with zero attached hydrogens (tertiary/aromatic N) is 2. The van der Waals surface area contributed by atoms with Gasteiger partial charge in [-0.2, -0.15) is 0 Å². The molecule has 4 rings (SSSR count). The van der Waals surface area contributed by atoms with Crippen molar-refractivity contribution >= 4 is 22.1 Å². The molecular weight excluding hydrogens is 315 g/mol. The molecule has 1 fully saturated rings. The van der Waals surface area contributed by atoms with Crippen LogP contribution in [0.1, 0.15) is 12.0 Å². The molecule has 128 valence electrons. The summed E-state index contributed by atoms with van der Waals surface area (Å²) in [6, 6.07) is 13.7. The van der Waals surface area contributed by atoms with Gasteiger partial charge in [0.05, 0.1) is 5.69 Å². The largest absolute Gasteiger partial charge is 0.396 e. The Kier molecular flexibility index (Phi) is 4.24. The number of hydrogen-bond acceptors (Lipinski definition) is 4. The van der Waals surface area contributed by atoms with Crippen LogP contribution in [0.15, 0.2) is 54.9 Å². The topological polar surface area (TPSA) is 54.2 Å². The average Bonchev–Trinajstić information content (AvgIpc) is 3.05. The van der Waals surface area contributed by atoms with Gasteiger partial charge in [0.15, 0.2) is 0 Å². The lowest BCUT2D eigenvalue weighted by Crippen LogP contribution is -2.26. The zero-order valence-corrected chi connectivity index (χ0v) is 14.0. The summed E-state index contributed by atoms with van der Waals surface area (Å²) in [5, 5.41) is 6.01. The summed E-state index contributed by atoms with van der Waals surface area (Å²) >= 11 is 0. The Hall–Kier alpha value is -2.66. The molecule has 25 heavy (non-hydrogen) atoms. The van der Waals surface area contributed by atoms with Gasteiger partial charge in [0.25, 0.3) is 0 Å². The number of nitrogens with two attached hydrogens (primary N) is 1. The van der Waals surface area contributed by atoms with Gasteiger partial charge < -0.3 is 11.1 Å². The first-order valence-corrected chi connectivity index (χ1v) is 8.54. The fourth-order valence-electron chi connectivity index (χ4n) is 3.51. The van der Waals surface area contributed by atoms with Crippen molar-refractivity contribution in [2.24, 2.45) is 0 Å². The summed E-state index contributed by atoms with van der Waals surface area (Å²) in [7, 11) is 0. The Morgan fingerprint density at radius 1 is 1.24 bits per heavy atom. The van der Waals surface area contributed by atoms with Gasteiger partial charge >= 0.3 is 0 Å². The second-order valence-electron chi connectivity index (χ2n) is 6.62. The molecule has 0 spiro atoms. The number of nitrogens with one attached hydrogen (secondary N) is 1. The molecule has 0 radical (unpaired) electrons. The smallest absolute Gasteiger partial charge is 0.146 e. The van der Waals surface area contributed by atoms with Gasteiger partial charge in [0.1, 0.15) is 5.82 Å². The van der Waals surface area contributed by atoms with E-state index in [0.717, 1.165) is 42.7 Å². The lowest BCUT2D eigenvalue weighted by atomic mass is 10.1. The SMILES string of the molecule is Nc1cc(CN2CCC(Nc3cccc4cnccc34)C2)ccc1F. The van der Waals surface area contributed by atoms with Crippen molar-refractivity contribution in [3.63, 3.8) is 0 Å². The van der Waals surface area contributed by atoms with Crippen LogP contribution < -0.4 is 11.1 Å². The third kappa shape index (κ3) is 3.42. The summed E-state index contributed by atoms with van der Waals surface area (Å²) in [5.41, 5.74) is 8.09. The maximum Gasteiger partial charge on any atom is 0.146 e. The van der Waals surface area contributed by atoms with Crippen LogP contribution in [0.25, 0.3) is 10.8 Å². The molecule has 1 aliphatic rings. The zero-order chi connectivity index (χ0) is 17.2. The van der Waals surface area contributed by atoms with Gasteiger partial charge in [-0.15, -0.1) is 0 Å². The first-order valence-electron chi connectivity index (χ1n) is 8.54. The second kappa shape index (κ2) is 6.69. The summed E-state index contributed by atoms with van der Waals surface area (Å²) in [5.74, 6) is -0.352. The molecule has 0 aliphatic carbocycles. The Morgan fingerprint density at radius 2 is 2.16 bits per heavy atom. The predicted octanol–water partition coefficient (Wildman–Crippen LogP) is 3.64. The minimum atomic E-state index is -0.352. The highest BCUT2D eigenvalue weighted by Gasteiger charge is 2.22. The molecule has 3 aromatic rings. The van der Waals surface area contributed by atoms with Crippen molar-refractivity contribution in [1.82, 2.24) is 9.88 Å². The minimum Gasteiger partial charge on any atom is -0.396 e. The highest BCUT2D eigenvalue weighted by molar-refractivity contribution is 5.93. The summed E-state index contributed by atoms with van der Waals surface area (Å²) < 4.78 is 13.3. The fraction of sp³-hybridized carbons (Fsp3) is 0.250. The number of pyridine rings is 1. The van der Waals surface area contributed by atoms with E-state index in [1.165, 1.54) is 11.5 Å². The molecule has 1 saturated heterocycles. The van der Waals surface area contributed by atoms with Gasteiger partial charge in [0, 0.05) is 54.5 Å². The summed E-state index contributed by atoms with van der Waals surface area (Å²) in [6.07, 6.45) is 4.80. The monoisotopic (exact) mass is 336 g/mol. The quantitative estimate of drug-likeness (QED) is 0.714. The fourth-order valence-corrected chi connectivity index (χ4v) is 3.51. The van der Waals surface area contributed by atoms with Crippen LogP contribution in [0, 0.1) is 5.82 Å². The first kappa shape index (κ1) is 15.8. The van der Waals surface area contributed by atoms with Crippen LogP contribution in [-0.4, -0.2) is 29.0 Å². The molecular formula is C20H21FN4. The van der Waals surface area contributed by atoms with E-state index in [1.807, 2.05) is 24.5 Å². The van der Waals surface area contributed by atoms with Crippen LogP contribution >= 0.6 is 0 Å². The minimum absolute atomic E-state index is 0.218. The highest BCUT2D eigenvalue weighted by Crippen LogP contribution is 2.25. The van der Waals surface area contributed by atoms with Gasteiger partial charge in [0.2, 0.25) is 0 Å². The molecule has 1 aromatic heterocycles. The van der Waals surface area contributed by atoms with E-state index in [0.29, 0.717) is 6.04 Å². The van der Waals surface area contributed by atoms with Gasteiger partial charge in [-0.25, -0.2) is 4.39 Å². The van der Waals surface area contributed by atoms with Crippen LogP contribution in [0.4, 0.5) is 15.8 Å². The number of rotatable bonds is 4. The third-order valence-electron chi connectivity index (χ3n) is 4.78. The Bertz CT molecular complexity index is 891. The molecule has 2 aromatic carbocycles. The van der Waals surface area contributed by atoms with Gasteiger partial charge in [-0.05, 0) is 36.2 Å². The maximum atomic E-state index is 13.3. The average molecular weight is 336 g/mol. The molecule has 0 amide bonds. The number of halogens is 1. The van der Waals surface area contributed by atoms with Crippen molar-refractivity contribution in [3.05, 3.63) is 66.2 Å². The predicted molar refractivity (Wildman–Crippen MR) is 99.9 cm³/mol. The van der Waals surface area contributed by atoms with Crippen molar-refractivity contribution < 1.29 is 4.39 Å². The molecule has 1 unspecified atom stereocenters. The molecule has 4 nitrogen and oxygen atoms in total. The summed E-state index contributed by atoms with van der Waals surface area (Å²) in [4.78, 5) is 6.56. The number of hydrogen-bond donors (Lipinski definition) is 2. The number of anilines is 2. The Balaban J connectivity index is 1.43. The van der Waals surface area contributed by atoms with E-state index in [2.05, 4.69) is 33.4 Å². The van der Waals surface area contributed by atoms with Crippen molar-refractivity contribution in [1.29, 1.82) is 0 Å². The molecule has 2 heterocycles. The number of aromatic nitrogens is 1.